The first-order chi connectivity index (χ1) is 8.30. The third-order valence-corrected chi connectivity index (χ3v) is 2.30. The summed E-state index contributed by atoms with van der Waals surface area (Å²) in [4.78, 5) is 12.2. The number of ether oxygens (including phenoxy) is 1. The van der Waals surface area contributed by atoms with Gasteiger partial charge in [-0.2, -0.15) is 0 Å². The van der Waals surface area contributed by atoms with Gasteiger partial charge in [-0.3, -0.25) is 4.79 Å². The number of amides is 1. The molecule has 3 N–H and O–H groups in total. The SMILES string of the molecule is CC(C)(C)C(=O)Nc1ccccc1OCC(N)=S. The second-order valence-electron chi connectivity index (χ2n) is 4.96. The Labute approximate surface area is 113 Å². The van der Waals surface area contributed by atoms with Gasteiger partial charge in [0.05, 0.1) is 5.69 Å². The summed E-state index contributed by atoms with van der Waals surface area (Å²) in [6, 6.07) is 7.18. The summed E-state index contributed by atoms with van der Waals surface area (Å²) < 4.78 is 5.43. The first-order valence-electron chi connectivity index (χ1n) is 5.62. The standard InChI is InChI=1S/C13H18N2O2S/c1-13(2,3)12(16)15-9-6-4-5-7-10(9)17-8-11(14)18/h4-7H,8H2,1-3H3,(H2,14,18)(H,15,16). The largest absolute Gasteiger partial charge is 0.484 e. The highest BCUT2D eigenvalue weighted by molar-refractivity contribution is 7.80. The van der Waals surface area contributed by atoms with E-state index in [9.17, 15) is 4.79 Å². The Kier molecular flexibility index (Phi) is 4.67. The molecule has 4 nitrogen and oxygen atoms in total. The van der Waals surface area contributed by atoms with Crippen molar-refractivity contribution >= 4 is 28.8 Å². The summed E-state index contributed by atoms with van der Waals surface area (Å²) in [5, 5.41) is 2.83. The minimum Gasteiger partial charge on any atom is -0.484 e. The minimum atomic E-state index is -0.462. The molecule has 0 saturated carbocycles. The Bertz CT molecular complexity index is 453. The van der Waals surface area contributed by atoms with Crippen LogP contribution in [-0.2, 0) is 4.79 Å². The average molecular weight is 266 g/mol. The fourth-order valence-corrected chi connectivity index (χ4v) is 1.21. The number of rotatable bonds is 4. The van der Waals surface area contributed by atoms with Crippen LogP contribution in [0.3, 0.4) is 0 Å². The molecule has 0 atom stereocenters. The molecule has 0 aliphatic heterocycles. The second kappa shape index (κ2) is 5.82. The Morgan fingerprint density at radius 1 is 1.39 bits per heavy atom. The zero-order valence-corrected chi connectivity index (χ0v) is 11.6. The Morgan fingerprint density at radius 2 is 2.00 bits per heavy atom. The number of thiocarbonyl (C=S) groups is 1. The molecule has 0 spiro atoms. The molecule has 1 aromatic carbocycles. The maximum atomic E-state index is 11.9. The lowest BCUT2D eigenvalue weighted by Gasteiger charge is -2.19. The molecule has 0 unspecified atom stereocenters. The van der Waals surface area contributed by atoms with Crippen molar-refractivity contribution in [2.75, 3.05) is 11.9 Å². The van der Waals surface area contributed by atoms with Crippen LogP contribution in [0.15, 0.2) is 24.3 Å². The Balaban J connectivity index is 2.82. The fraction of sp³-hybridized carbons (Fsp3) is 0.385. The molecule has 0 fully saturated rings. The molecule has 1 amide bonds. The van der Waals surface area contributed by atoms with Gasteiger partial charge >= 0.3 is 0 Å². The van der Waals surface area contributed by atoms with Gasteiger partial charge in [-0.1, -0.05) is 45.1 Å². The van der Waals surface area contributed by atoms with E-state index in [1.807, 2.05) is 32.9 Å². The van der Waals surface area contributed by atoms with E-state index >= 15 is 0 Å². The quantitative estimate of drug-likeness (QED) is 0.821. The van der Waals surface area contributed by atoms with Crippen molar-refractivity contribution in [1.82, 2.24) is 0 Å². The van der Waals surface area contributed by atoms with E-state index in [4.69, 9.17) is 22.7 Å². The number of hydrogen-bond acceptors (Lipinski definition) is 3. The fourth-order valence-electron chi connectivity index (χ4n) is 1.15. The highest BCUT2D eigenvalue weighted by atomic mass is 32.1. The lowest BCUT2D eigenvalue weighted by Crippen LogP contribution is -2.28. The van der Waals surface area contributed by atoms with Crippen LogP contribution in [0.25, 0.3) is 0 Å². The summed E-state index contributed by atoms with van der Waals surface area (Å²) in [5.41, 5.74) is 5.54. The molecule has 0 aromatic heterocycles. The molecular weight excluding hydrogens is 248 g/mol. The molecule has 0 aliphatic rings. The van der Waals surface area contributed by atoms with Gasteiger partial charge in [-0.15, -0.1) is 0 Å². The van der Waals surface area contributed by atoms with E-state index in [1.54, 1.807) is 12.1 Å². The molecule has 18 heavy (non-hydrogen) atoms. The minimum absolute atomic E-state index is 0.0751. The maximum absolute atomic E-state index is 11.9. The number of anilines is 1. The van der Waals surface area contributed by atoms with Gasteiger partial charge in [-0.05, 0) is 12.1 Å². The van der Waals surface area contributed by atoms with Crippen LogP contribution in [-0.4, -0.2) is 17.5 Å². The number of nitrogens with two attached hydrogens (primary N) is 1. The van der Waals surface area contributed by atoms with Crippen LogP contribution in [0, 0.1) is 5.41 Å². The number of para-hydroxylation sites is 2. The van der Waals surface area contributed by atoms with Crippen LogP contribution in [0.5, 0.6) is 5.75 Å². The van der Waals surface area contributed by atoms with Gasteiger partial charge in [0.1, 0.15) is 17.3 Å². The monoisotopic (exact) mass is 266 g/mol. The molecule has 0 saturated heterocycles. The zero-order chi connectivity index (χ0) is 13.8. The molecule has 0 bridgehead atoms. The third-order valence-electron chi connectivity index (χ3n) is 2.19. The summed E-state index contributed by atoms with van der Waals surface area (Å²) >= 11 is 4.75. The molecule has 1 rings (SSSR count). The van der Waals surface area contributed by atoms with Gasteiger partial charge in [0.25, 0.3) is 0 Å². The predicted octanol–water partition coefficient (Wildman–Crippen LogP) is 2.34. The first-order valence-corrected chi connectivity index (χ1v) is 6.03. The summed E-state index contributed by atoms with van der Waals surface area (Å²) in [7, 11) is 0. The zero-order valence-electron chi connectivity index (χ0n) is 10.8. The van der Waals surface area contributed by atoms with Crippen LogP contribution in [0.2, 0.25) is 0 Å². The van der Waals surface area contributed by atoms with Gasteiger partial charge in [0, 0.05) is 5.41 Å². The molecule has 0 radical (unpaired) electrons. The van der Waals surface area contributed by atoms with Crippen molar-refractivity contribution in [1.29, 1.82) is 0 Å². The molecule has 0 aliphatic carbocycles. The van der Waals surface area contributed by atoms with Gasteiger partial charge < -0.3 is 15.8 Å². The van der Waals surface area contributed by atoms with E-state index < -0.39 is 5.41 Å². The van der Waals surface area contributed by atoms with E-state index in [2.05, 4.69) is 5.32 Å². The van der Waals surface area contributed by atoms with Crippen LogP contribution in [0.1, 0.15) is 20.8 Å². The van der Waals surface area contributed by atoms with Gasteiger partial charge in [0.15, 0.2) is 0 Å². The number of hydrogen-bond donors (Lipinski definition) is 2. The second-order valence-corrected chi connectivity index (χ2v) is 5.48. The van der Waals surface area contributed by atoms with E-state index in [0.717, 1.165) is 0 Å². The predicted molar refractivity (Wildman–Crippen MR) is 76.8 cm³/mol. The number of nitrogens with one attached hydrogen (secondary N) is 1. The first kappa shape index (κ1) is 14.4. The van der Waals surface area contributed by atoms with Crippen LogP contribution < -0.4 is 15.8 Å². The molecule has 1 aromatic rings. The Hall–Kier alpha value is -1.62. The number of carbonyl (C=O) groups excluding carboxylic acids is 1. The van der Waals surface area contributed by atoms with Crippen molar-refractivity contribution in [3.05, 3.63) is 24.3 Å². The third kappa shape index (κ3) is 4.33. The summed E-state index contributed by atoms with van der Waals surface area (Å²) in [6.45, 7) is 5.69. The molecule has 0 heterocycles. The smallest absolute Gasteiger partial charge is 0.229 e. The van der Waals surface area contributed by atoms with Gasteiger partial charge in [0.2, 0.25) is 5.91 Å². The number of benzene rings is 1. The van der Waals surface area contributed by atoms with E-state index in [-0.39, 0.29) is 17.5 Å². The summed E-state index contributed by atoms with van der Waals surface area (Å²) in [6.07, 6.45) is 0. The van der Waals surface area contributed by atoms with E-state index in [1.165, 1.54) is 0 Å². The van der Waals surface area contributed by atoms with Crippen molar-refractivity contribution < 1.29 is 9.53 Å². The topological polar surface area (TPSA) is 64.3 Å². The van der Waals surface area contributed by atoms with Crippen LogP contribution in [0.4, 0.5) is 5.69 Å². The lowest BCUT2D eigenvalue weighted by atomic mass is 9.95. The normalized spacial score (nSPS) is 10.8. The average Bonchev–Trinajstić information content (AvgIpc) is 2.26. The Morgan fingerprint density at radius 3 is 2.56 bits per heavy atom. The molecule has 98 valence electrons. The van der Waals surface area contributed by atoms with Crippen molar-refractivity contribution in [3.8, 4) is 5.75 Å². The van der Waals surface area contributed by atoms with Crippen LogP contribution >= 0.6 is 12.2 Å². The van der Waals surface area contributed by atoms with Crippen molar-refractivity contribution in [3.63, 3.8) is 0 Å². The highest BCUT2D eigenvalue weighted by Gasteiger charge is 2.22. The highest BCUT2D eigenvalue weighted by Crippen LogP contribution is 2.26. The number of carbonyl (C=O) groups is 1. The van der Waals surface area contributed by atoms with Crippen molar-refractivity contribution in [2.45, 2.75) is 20.8 Å². The molecule has 5 heteroatoms. The maximum Gasteiger partial charge on any atom is 0.229 e. The van der Waals surface area contributed by atoms with Crippen molar-refractivity contribution in [2.24, 2.45) is 11.1 Å². The lowest BCUT2D eigenvalue weighted by molar-refractivity contribution is -0.123. The van der Waals surface area contributed by atoms with E-state index in [0.29, 0.717) is 11.4 Å². The summed E-state index contributed by atoms with van der Waals surface area (Å²) in [5.74, 6) is 0.483. The molecular formula is C13H18N2O2S. The van der Waals surface area contributed by atoms with Gasteiger partial charge in [-0.25, -0.2) is 0 Å².